The molecule has 3 aliphatic heterocycles. The Kier molecular flexibility index (Phi) is 13.2. The normalized spacial score (nSPS) is 18.0. The summed E-state index contributed by atoms with van der Waals surface area (Å²) in [6.07, 6.45) is 19.1. The minimum Gasteiger partial charge on any atom is -0.382 e. The lowest BCUT2D eigenvalue weighted by Crippen LogP contribution is -2.52. The third-order valence-electron chi connectivity index (χ3n) is 12.0. The smallest absolute Gasteiger partial charge is 0.256 e. The number of nitrogens with one attached hydrogen (secondary N) is 2. The molecular formula is C46H53N9O4S. The van der Waals surface area contributed by atoms with Gasteiger partial charge in [-0.05, 0) is 92.9 Å². The van der Waals surface area contributed by atoms with E-state index in [0.29, 0.717) is 35.7 Å². The Morgan fingerprint density at radius 2 is 1.63 bits per heavy atom. The number of imide groups is 1. The van der Waals surface area contributed by atoms with Crippen LogP contribution in [0.25, 0.3) is 16.8 Å². The van der Waals surface area contributed by atoms with Crippen molar-refractivity contribution < 1.29 is 19.2 Å². The van der Waals surface area contributed by atoms with E-state index in [2.05, 4.69) is 36.0 Å². The number of carbonyl (C=O) groups excluding carboxylic acids is 4. The summed E-state index contributed by atoms with van der Waals surface area (Å²) in [6.45, 7) is 2.52. The van der Waals surface area contributed by atoms with Crippen molar-refractivity contribution in [2.75, 3.05) is 29.9 Å². The van der Waals surface area contributed by atoms with Crippen molar-refractivity contribution >= 4 is 52.5 Å². The number of aromatic nitrogens is 4. The average molecular weight is 828 g/mol. The highest BCUT2D eigenvalue weighted by Gasteiger charge is 2.40. The Morgan fingerprint density at radius 3 is 2.40 bits per heavy atom. The van der Waals surface area contributed by atoms with Gasteiger partial charge in [-0.3, -0.25) is 33.8 Å². The molecular weight excluding hydrogens is 775 g/mol. The Bertz CT molecular complexity index is 2330. The molecule has 2 saturated heterocycles. The number of likely N-dealkylation sites (tertiary alicyclic amines) is 1. The van der Waals surface area contributed by atoms with E-state index in [4.69, 9.17) is 10.7 Å². The van der Waals surface area contributed by atoms with Crippen molar-refractivity contribution in [3.63, 3.8) is 0 Å². The number of hydrogen-bond donors (Lipinski definition) is 3. The second-order valence-corrected chi connectivity index (χ2v) is 17.1. The van der Waals surface area contributed by atoms with Crippen LogP contribution in [0, 0.1) is 0 Å². The number of nitrogens with zero attached hydrogens (tertiary/aromatic N) is 6. The maximum Gasteiger partial charge on any atom is 0.256 e. The zero-order valence-electron chi connectivity index (χ0n) is 34.0. The third kappa shape index (κ3) is 9.24. The first-order valence-corrected chi connectivity index (χ1v) is 22.4. The molecule has 3 aromatic heterocycles. The predicted octanol–water partition coefficient (Wildman–Crippen LogP) is 7.83. The van der Waals surface area contributed by atoms with Crippen molar-refractivity contribution in [3.05, 3.63) is 102 Å². The highest BCUT2D eigenvalue weighted by atomic mass is 32.2. The SMILES string of the molecule is Nc1nccn2c([C@@H]3CCCN3CCCCCCCCCCCSc3cccc4c3CN(C3CCC(=O)NC3=O)C4=O)nc(-c3ccc(C(=O)Nc4ccccn4)cc3)c12. The zero-order chi connectivity index (χ0) is 41.4. The molecule has 8 rings (SSSR count). The van der Waals surface area contributed by atoms with E-state index in [1.54, 1.807) is 47.3 Å². The number of thioether (sulfide) groups is 1. The van der Waals surface area contributed by atoms with Gasteiger partial charge >= 0.3 is 0 Å². The summed E-state index contributed by atoms with van der Waals surface area (Å²) < 4.78 is 2.11. The molecule has 312 valence electrons. The van der Waals surface area contributed by atoms with Gasteiger partial charge < -0.3 is 16.0 Å². The van der Waals surface area contributed by atoms with Gasteiger partial charge in [-0.15, -0.1) is 11.8 Å². The summed E-state index contributed by atoms with van der Waals surface area (Å²) in [5.41, 5.74) is 11.1. The van der Waals surface area contributed by atoms with Crippen molar-refractivity contribution in [3.8, 4) is 11.3 Å². The molecule has 60 heavy (non-hydrogen) atoms. The van der Waals surface area contributed by atoms with Crippen LogP contribution in [0.3, 0.4) is 0 Å². The fourth-order valence-corrected chi connectivity index (χ4v) is 9.94. The van der Waals surface area contributed by atoms with Crippen LogP contribution in [-0.2, 0) is 16.1 Å². The van der Waals surface area contributed by atoms with E-state index in [1.165, 1.54) is 44.9 Å². The van der Waals surface area contributed by atoms with Gasteiger partial charge in [0.05, 0.1) is 6.04 Å². The summed E-state index contributed by atoms with van der Waals surface area (Å²) in [4.78, 5) is 69.2. The number of rotatable bonds is 18. The van der Waals surface area contributed by atoms with Crippen molar-refractivity contribution in [2.45, 2.75) is 107 Å². The van der Waals surface area contributed by atoms with E-state index in [9.17, 15) is 19.2 Å². The van der Waals surface area contributed by atoms with Gasteiger partial charge in [0, 0.05) is 53.1 Å². The van der Waals surface area contributed by atoms with Crippen LogP contribution in [-0.4, -0.2) is 77.7 Å². The molecule has 2 fully saturated rings. The van der Waals surface area contributed by atoms with Gasteiger partial charge in [-0.25, -0.2) is 15.0 Å². The number of anilines is 2. The number of amides is 4. The largest absolute Gasteiger partial charge is 0.382 e. The molecule has 1 unspecified atom stereocenters. The number of nitrogens with two attached hydrogens (primary N) is 1. The molecule has 3 aliphatic rings. The van der Waals surface area contributed by atoms with E-state index in [0.717, 1.165) is 77.6 Å². The van der Waals surface area contributed by atoms with Gasteiger partial charge in [0.15, 0.2) is 0 Å². The Hall–Kier alpha value is -5.60. The van der Waals surface area contributed by atoms with Crippen molar-refractivity contribution in [1.29, 1.82) is 0 Å². The van der Waals surface area contributed by atoms with Crippen LogP contribution in [0.5, 0.6) is 0 Å². The van der Waals surface area contributed by atoms with Crippen LogP contribution < -0.4 is 16.4 Å². The van der Waals surface area contributed by atoms with Crippen LogP contribution in [0.4, 0.5) is 11.6 Å². The molecule has 14 heteroatoms. The fraction of sp³-hybridized carbons (Fsp3) is 0.413. The summed E-state index contributed by atoms with van der Waals surface area (Å²) >= 11 is 1.80. The quantitative estimate of drug-likeness (QED) is 0.0450. The van der Waals surface area contributed by atoms with Crippen LogP contribution >= 0.6 is 11.8 Å². The molecule has 2 aromatic carbocycles. The summed E-state index contributed by atoms with van der Waals surface area (Å²) in [5, 5.41) is 5.22. The van der Waals surface area contributed by atoms with Crippen molar-refractivity contribution in [1.82, 2.24) is 34.5 Å². The van der Waals surface area contributed by atoms with Crippen LogP contribution in [0.15, 0.2) is 84.1 Å². The second kappa shape index (κ2) is 19.2. The summed E-state index contributed by atoms with van der Waals surface area (Å²) in [6, 6.07) is 18.3. The third-order valence-corrected chi connectivity index (χ3v) is 13.2. The molecule has 13 nitrogen and oxygen atoms in total. The molecule has 0 bridgehead atoms. The first-order chi connectivity index (χ1) is 29.4. The minimum absolute atomic E-state index is 0.116. The number of benzene rings is 2. The van der Waals surface area contributed by atoms with Crippen LogP contribution in [0.2, 0.25) is 0 Å². The number of piperidine rings is 1. The Balaban J connectivity index is 0.747. The molecule has 4 amide bonds. The Morgan fingerprint density at radius 1 is 0.850 bits per heavy atom. The van der Waals surface area contributed by atoms with E-state index in [1.807, 2.05) is 42.6 Å². The first kappa shape index (κ1) is 41.1. The molecule has 0 aliphatic carbocycles. The van der Waals surface area contributed by atoms with Gasteiger partial charge in [0.25, 0.3) is 11.8 Å². The van der Waals surface area contributed by atoms with Crippen molar-refractivity contribution in [2.24, 2.45) is 0 Å². The molecule has 5 aromatic rings. The van der Waals surface area contributed by atoms with Gasteiger partial charge in [0.2, 0.25) is 11.8 Å². The molecule has 2 atom stereocenters. The minimum atomic E-state index is -0.583. The number of imidazole rings is 1. The highest BCUT2D eigenvalue weighted by Crippen LogP contribution is 2.37. The highest BCUT2D eigenvalue weighted by molar-refractivity contribution is 7.99. The lowest BCUT2D eigenvalue weighted by atomic mass is 10.0. The summed E-state index contributed by atoms with van der Waals surface area (Å²) in [5.74, 6) is 1.95. The first-order valence-electron chi connectivity index (χ1n) is 21.4. The molecule has 0 spiro atoms. The number of hydrogen-bond acceptors (Lipinski definition) is 10. The number of carbonyl (C=O) groups is 4. The van der Waals surface area contributed by atoms with Gasteiger partial charge in [0.1, 0.15) is 34.7 Å². The topological polar surface area (TPSA) is 168 Å². The number of nitrogen functional groups attached to an aromatic ring is 1. The molecule has 0 saturated carbocycles. The lowest BCUT2D eigenvalue weighted by molar-refractivity contribution is -0.136. The number of pyridine rings is 1. The van der Waals surface area contributed by atoms with E-state index in [-0.39, 0.29) is 36.1 Å². The summed E-state index contributed by atoms with van der Waals surface area (Å²) in [7, 11) is 0. The lowest BCUT2D eigenvalue weighted by Gasteiger charge is -2.29. The van der Waals surface area contributed by atoms with E-state index >= 15 is 0 Å². The molecule has 4 N–H and O–H groups in total. The maximum absolute atomic E-state index is 13.1. The second-order valence-electron chi connectivity index (χ2n) is 16.0. The van der Waals surface area contributed by atoms with Crippen LogP contribution in [0.1, 0.15) is 122 Å². The monoisotopic (exact) mass is 827 g/mol. The Labute approximate surface area is 354 Å². The number of fused-ring (bicyclic) bond motifs is 2. The predicted molar refractivity (Wildman–Crippen MR) is 233 cm³/mol. The van der Waals surface area contributed by atoms with Gasteiger partial charge in [-0.2, -0.15) is 0 Å². The van der Waals surface area contributed by atoms with E-state index < -0.39 is 6.04 Å². The van der Waals surface area contributed by atoms with Gasteiger partial charge in [-0.1, -0.05) is 69.2 Å². The standard InChI is InChI=1S/C46H53N9O4S/c47-42-41-40(31-18-20-32(21-19-31)44(57)50-38-17-8-9-24-48-38)52-43(54(41)28-25-49-42)35-15-13-27-53(35)26-10-6-4-2-1-3-5-7-11-29-60-37-16-12-14-33-34(37)30-55(46(33)59)36-22-23-39(56)51-45(36)58/h8-9,12,14,16-21,24-25,28,35-36H,1-7,10-11,13,15,22-23,26-27,29-30H2,(H2,47,49)(H,48,50,57)(H,51,56,58)/t35-,36?/m0/s1. The number of unbranched alkanes of at least 4 members (excludes halogenated alkanes) is 8. The average Bonchev–Trinajstić information content (AvgIpc) is 3.98. The molecule has 6 heterocycles. The maximum atomic E-state index is 13.1. The zero-order valence-corrected chi connectivity index (χ0v) is 34.8. The molecule has 0 radical (unpaired) electrons. The fourth-order valence-electron chi connectivity index (χ4n) is 8.84.